The highest BCUT2D eigenvalue weighted by Crippen LogP contribution is 2.41. The first-order chi connectivity index (χ1) is 14.4. The van der Waals surface area contributed by atoms with E-state index in [0.717, 1.165) is 35.2 Å². The van der Waals surface area contributed by atoms with E-state index in [1.54, 1.807) is 9.36 Å². The van der Waals surface area contributed by atoms with Gasteiger partial charge in [0.15, 0.2) is 0 Å². The van der Waals surface area contributed by atoms with Gasteiger partial charge in [-0.2, -0.15) is 10.2 Å². The summed E-state index contributed by atoms with van der Waals surface area (Å²) >= 11 is 0. The van der Waals surface area contributed by atoms with Crippen molar-refractivity contribution in [1.29, 1.82) is 0 Å². The molecule has 0 saturated heterocycles. The molecule has 5 nitrogen and oxygen atoms in total. The van der Waals surface area contributed by atoms with Crippen LogP contribution in [0.5, 0.6) is 0 Å². The first-order valence-electron chi connectivity index (χ1n) is 10.5. The van der Waals surface area contributed by atoms with Crippen molar-refractivity contribution in [1.82, 2.24) is 19.6 Å². The smallest absolute Gasteiger partial charge is 0.265 e. The van der Waals surface area contributed by atoms with Gasteiger partial charge in [0.05, 0.1) is 24.1 Å². The molecule has 5 rings (SSSR count). The lowest BCUT2D eigenvalue weighted by atomic mass is 10.1. The molecule has 2 heterocycles. The van der Waals surface area contributed by atoms with Crippen molar-refractivity contribution in [2.75, 3.05) is 0 Å². The lowest BCUT2D eigenvalue weighted by Gasteiger charge is -2.12. The molecule has 0 N–H and O–H groups in total. The molecule has 0 spiro atoms. The quantitative estimate of drug-likeness (QED) is 0.499. The Morgan fingerprint density at radius 1 is 0.967 bits per heavy atom. The summed E-state index contributed by atoms with van der Waals surface area (Å²) in [6.45, 7) is 8.81. The zero-order valence-corrected chi connectivity index (χ0v) is 17.9. The van der Waals surface area contributed by atoms with Gasteiger partial charge in [-0.1, -0.05) is 29.8 Å². The fourth-order valence-corrected chi connectivity index (χ4v) is 4.04. The standard InChI is InChI=1S/C25H26N4O/c1-15-5-6-17(3)20(11-15)14-28-25(30)24-22(23(27-28)19-8-9-19)13-26-29(24)21-10-7-16(2)18(4)12-21/h5-7,10-13,19H,8-9,14H2,1-4H3. The predicted molar refractivity (Wildman–Crippen MR) is 120 cm³/mol. The lowest BCUT2D eigenvalue weighted by molar-refractivity contribution is 0.624. The van der Waals surface area contributed by atoms with Crippen molar-refractivity contribution >= 4 is 10.9 Å². The molecule has 152 valence electrons. The van der Waals surface area contributed by atoms with E-state index in [1.165, 1.54) is 22.3 Å². The average molecular weight is 399 g/mol. The van der Waals surface area contributed by atoms with Gasteiger partial charge in [0.25, 0.3) is 5.56 Å². The third kappa shape index (κ3) is 3.15. The second kappa shape index (κ2) is 6.94. The molecule has 0 unspecified atom stereocenters. The number of fused-ring (bicyclic) bond motifs is 1. The van der Waals surface area contributed by atoms with E-state index in [-0.39, 0.29) is 5.56 Å². The summed E-state index contributed by atoms with van der Waals surface area (Å²) in [7, 11) is 0. The number of hydrogen-bond donors (Lipinski definition) is 0. The average Bonchev–Trinajstić information content (AvgIpc) is 3.47. The Labute approximate surface area is 176 Å². The van der Waals surface area contributed by atoms with Gasteiger partial charge in [-0.3, -0.25) is 4.79 Å². The van der Waals surface area contributed by atoms with Crippen LogP contribution in [0.25, 0.3) is 16.6 Å². The van der Waals surface area contributed by atoms with E-state index in [9.17, 15) is 4.79 Å². The molecule has 0 atom stereocenters. The zero-order valence-electron chi connectivity index (χ0n) is 17.9. The summed E-state index contributed by atoms with van der Waals surface area (Å²) < 4.78 is 3.42. The summed E-state index contributed by atoms with van der Waals surface area (Å²) in [6.07, 6.45) is 4.06. The van der Waals surface area contributed by atoms with Crippen LogP contribution >= 0.6 is 0 Å². The molecule has 2 aromatic carbocycles. The van der Waals surface area contributed by atoms with Crippen LogP contribution in [0, 0.1) is 27.7 Å². The normalized spacial score (nSPS) is 13.9. The maximum absolute atomic E-state index is 13.6. The van der Waals surface area contributed by atoms with Crippen molar-refractivity contribution < 1.29 is 0 Å². The van der Waals surface area contributed by atoms with E-state index >= 15 is 0 Å². The van der Waals surface area contributed by atoms with Crippen molar-refractivity contribution in [3.63, 3.8) is 0 Å². The van der Waals surface area contributed by atoms with Crippen LogP contribution in [-0.4, -0.2) is 19.6 Å². The Morgan fingerprint density at radius 3 is 2.47 bits per heavy atom. The van der Waals surface area contributed by atoms with Crippen LogP contribution in [-0.2, 0) is 6.54 Å². The number of aromatic nitrogens is 4. The molecule has 5 heteroatoms. The van der Waals surface area contributed by atoms with Crippen LogP contribution in [0.1, 0.15) is 52.3 Å². The van der Waals surface area contributed by atoms with Crippen LogP contribution < -0.4 is 5.56 Å². The molecule has 30 heavy (non-hydrogen) atoms. The van der Waals surface area contributed by atoms with Gasteiger partial charge in [-0.05, 0) is 74.9 Å². The SMILES string of the molecule is Cc1ccc(C)c(Cn2nc(C3CC3)c3cnn(-c4ccc(C)c(C)c4)c3c2=O)c1. The van der Waals surface area contributed by atoms with E-state index in [4.69, 9.17) is 5.10 Å². The van der Waals surface area contributed by atoms with Gasteiger partial charge >= 0.3 is 0 Å². The summed E-state index contributed by atoms with van der Waals surface area (Å²) in [4.78, 5) is 13.6. The molecule has 0 bridgehead atoms. The van der Waals surface area contributed by atoms with Crippen LogP contribution in [0.2, 0.25) is 0 Å². The van der Waals surface area contributed by atoms with E-state index < -0.39 is 0 Å². The Balaban J connectivity index is 1.72. The number of aryl methyl sites for hydroxylation is 4. The second-order valence-electron chi connectivity index (χ2n) is 8.64. The van der Waals surface area contributed by atoms with Gasteiger partial charge in [0, 0.05) is 11.3 Å². The van der Waals surface area contributed by atoms with Crippen LogP contribution in [0.15, 0.2) is 47.4 Å². The fourth-order valence-electron chi connectivity index (χ4n) is 4.04. The Morgan fingerprint density at radius 2 is 1.73 bits per heavy atom. The summed E-state index contributed by atoms with van der Waals surface area (Å²) in [5.74, 6) is 0.426. The van der Waals surface area contributed by atoms with Gasteiger partial charge < -0.3 is 0 Å². The van der Waals surface area contributed by atoms with Crippen molar-refractivity contribution in [2.45, 2.75) is 53.0 Å². The molecule has 0 aliphatic heterocycles. The first-order valence-corrected chi connectivity index (χ1v) is 10.5. The number of hydrogen-bond acceptors (Lipinski definition) is 3. The second-order valence-corrected chi connectivity index (χ2v) is 8.64. The molecule has 1 aliphatic rings. The zero-order chi connectivity index (χ0) is 21.0. The van der Waals surface area contributed by atoms with Crippen molar-refractivity contribution in [3.8, 4) is 5.69 Å². The van der Waals surface area contributed by atoms with E-state index in [2.05, 4.69) is 63.1 Å². The number of benzene rings is 2. The largest absolute Gasteiger partial charge is 0.293 e. The summed E-state index contributed by atoms with van der Waals surface area (Å²) in [6, 6.07) is 12.5. The van der Waals surface area contributed by atoms with Crippen LogP contribution in [0.3, 0.4) is 0 Å². The molecule has 1 saturated carbocycles. The van der Waals surface area contributed by atoms with E-state index in [1.807, 2.05) is 12.3 Å². The molecular formula is C25H26N4O. The Bertz CT molecular complexity index is 1340. The third-order valence-electron chi connectivity index (χ3n) is 6.23. The number of nitrogens with zero attached hydrogens (tertiary/aromatic N) is 4. The highest BCUT2D eigenvalue weighted by molar-refractivity contribution is 5.82. The highest BCUT2D eigenvalue weighted by atomic mass is 16.1. The minimum atomic E-state index is -0.0916. The maximum Gasteiger partial charge on any atom is 0.293 e. The maximum atomic E-state index is 13.6. The molecule has 2 aromatic heterocycles. The molecule has 4 aromatic rings. The van der Waals surface area contributed by atoms with Gasteiger partial charge in [-0.25, -0.2) is 9.36 Å². The monoisotopic (exact) mass is 398 g/mol. The minimum absolute atomic E-state index is 0.0916. The van der Waals surface area contributed by atoms with Gasteiger partial charge in [-0.15, -0.1) is 0 Å². The minimum Gasteiger partial charge on any atom is -0.265 e. The number of rotatable bonds is 4. The van der Waals surface area contributed by atoms with Gasteiger partial charge in [0.2, 0.25) is 0 Å². The molecular weight excluding hydrogens is 372 g/mol. The Kier molecular flexibility index (Phi) is 4.35. The molecule has 0 amide bonds. The summed E-state index contributed by atoms with van der Waals surface area (Å²) in [5, 5.41) is 10.3. The lowest BCUT2D eigenvalue weighted by Crippen LogP contribution is -2.27. The fraction of sp³-hybridized carbons (Fsp3) is 0.320. The molecule has 0 radical (unpaired) electrons. The Hall–Kier alpha value is -3.21. The van der Waals surface area contributed by atoms with E-state index in [0.29, 0.717) is 18.0 Å². The third-order valence-corrected chi connectivity index (χ3v) is 6.23. The predicted octanol–water partition coefficient (Wildman–Crippen LogP) is 4.74. The first kappa shape index (κ1) is 18.8. The molecule has 1 fully saturated rings. The van der Waals surface area contributed by atoms with Crippen molar-refractivity contribution in [2.24, 2.45) is 0 Å². The highest BCUT2D eigenvalue weighted by Gasteiger charge is 2.30. The van der Waals surface area contributed by atoms with Crippen molar-refractivity contribution in [3.05, 3.63) is 86.5 Å². The van der Waals surface area contributed by atoms with Crippen LogP contribution in [0.4, 0.5) is 0 Å². The van der Waals surface area contributed by atoms with Gasteiger partial charge in [0.1, 0.15) is 5.52 Å². The molecule has 1 aliphatic carbocycles. The summed E-state index contributed by atoms with van der Waals surface area (Å²) in [5.41, 5.74) is 8.35. The topological polar surface area (TPSA) is 52.7 Å².